The van der Waals surface area contributed by atoms with Crippen molar-refractivity contribution in [3.8, 4) is 23.0 Å². The van der Waals surface area contributed by atoms with Gasteiger partial charge >= 0.3 is 6.03 Å². The van der Waals surface area contributed by atoms with Crippen LogP contribution in [0.2, 0.25) is 0 Å². The molecule has 1 aliphatic rings. The molecule has 0 saturated carbocycles. The molecule has 336 valence electrons. The third kappa shape index (κ3) is 11.1. The van der Waals surface area contributed by atoms with E-state index in [0.29, 0.717) is 39.5 Å². The van der Waals surface area contributed by atoms with Crippen molar-refractivity contribution in [3.05, 3.63) is 96.2 Å². The molecule has 9 N–H and O–H groups in total. The minimum atomic E-state index is -3.67. The molecule has 1 aliphatic heterocycles. The maximum absolute atomic E-state index is 13.5. The molecule has 1 aromatic heterocycles. The van der Waals surface area contributed by atoms with Crippen LogP contribution in [0.15, 0.2) is 85.1 Å². The normalized spacial score (nSPS) is 18.9. The molecule has 63 heavy (non-hydrogen) atoms. The van der Waals surface area contributed by atoms with Gasteiger partial charge in [0.2, 0.25) is 10.0 Å². The van der Waals surface area contributed by atoms with E-state index >= 15 is 0 Å². The van der Waals surface area contributed by atoms with Crippen LogP contribution in [0.1, 0.15) is 43.1 Å². The van der Waals surface area contributed by atoms with Gasteiger partial charge in [-0.3, -0.25) is 9.52 Å². The van der Waals surface area contributed by atoms with Crippen LogP contribution in [0.4, 0.5) is 33.4 Å². The summed E-state index contributed by atoms with van der Waals surface area (Å²) in [6, 6.07) is 20.5. The molecular weight excluding hydrogens is 837 g/mol. The predicted molar refractivity (Wildman–Crippen MR) is 238 cm³/mol. The van der Waals surface area contributed by atoms with Gasteiger partial charge in [0.15, 0.2) is 5.75 Å². The van der Waals surface area contributed by atoms with E-state index in [-0.39, 0.29) is 41.5 Å². The Morgan fingerprint density at radius 2 is 1.54 bits per heavy atom. The lowest BCUT2D eigenvalue weighted by molar-refractivity contribution is -0.195. The number of aliphatic hydroxyl groups excluding tert-OH is 4. The fourth-order valence-corrected chi connectivity index (χ4v) is 7.70. The molecule has 0 aliphatic carbocycles. The zero-order chi connectivity index (χ0) is 45.6. The molecule has 2 heterocycles. The van der Waals surface area contributed by atoms with Gasteiger partial charge in [-0.05, 0) is 59.9 Å². The van der Waals surface area contributed by atoms with E-state index in [4.69, 9.17) is 18.9 Å². The van der Waals surface area contributed by atoms with E-state index in [2.05, 4.69) is 31.0 Å². The SMILES string of the molecule is COc1cc(Nc2cc(Oc3ccc(NC(=O)Nc4cc(C(C)(C)C)cc(NS(C)(=O)=O)c4OC)c4ccccc34)ccn2)ccc1C(=O)N[C@H]1C(CCO)O[C@H](CO)[C@@H](O)[C@@H]1O. The number of anilines is 5. The molecule has 3 amide bonds. The van der Waals surface area contributed by atoms with Crippen molar-refractivity contribution < 1.29 is 57.4 Å². The van der Waals surface area contributed by atoms with E-state index in [0.717, 1.165) is 11.8 Å². The van der Waals surface area contributed by atoms with Gasteiger partial charge in [-0.2, -0.15) is 0 Å². The number of benzene rings is 4. The number of hydrogen-bond donors (Lipinski definition) is 9. The molecule has 1 saturated heterocycles. The first-order valence-electron chi connectivity index (χ1n) is 19.9. The number of carbonyl (C=O) groups excluding carboxylic acids is 2. The minimum absolute atomic E-state index is 0.0423. The van der Waals surface area contributed by atoms with Crippen LogP contribution in [0.5, 0.6) is 23.0 Å². The van der Waals surface area contributed by atoms with Crippen LogP contribution in [0.25, 0.3) is 10.8 Å². The molecule has 0 bridgehead atoms. The number of nitrogens with zero attached hydrogens (tertiary/aromatic N) is 1. The highest BCUT2D eigenvalue weighted by molar-refractivity contribution is 7.92. The van der Waals surface area contributed by atoms with Gasteiger partial charge in [0.25, 0.3) is 5.91 Å². The number of sulfonamides is 1. The third-order valence-electron chi connectivity index (χ3n) is 10.3. The standard InChI is InChI=1S/C44H52N6O12S/c1-44(2,3)24-19-31(41(60-5)32(20-24)50-63(6,57)58)48-43(56)47-30-13-14-33(28-10-8-7-9-27(28)30)61-26-15-17-45-37(22-26)46-25-11-12-29(35(21-25)59-4)42(55)49-38-34(16-18-51)62-36(23-52)39(53)40(38)54/h7-15,17,19-22,34,36,38-40,50-54H,16,18,23H2,1-6H3,(H,45,46)(H,49,55)(H2,47,48,56)/t34?,36-,38+,39-,40-/m1/s1. The number of pyridine rings is 1. The Kier molecular flexibility index (Phi) is 14.3. The van der Waals surface area contributed by atoms with Crippen molar-refractivity contribution in [2.24, 2.45) is 0 Å². The maximum Gasteiger partial charge on any atom is 0.323 e. The highest BCUT2D eigenvalue weighted by Crippen LogP contribution is 2.40. The van der Waals surface area contributed by atoms with Crippen molar-refractivity contribution in [1.82, 2.24) is 10.3 Å². The van der Waals surface area contributed by atoms with Crippen LogP contribution < -0.4 is 40.2 Å². The molecule has 5 aromatic rings. The number of nitrogens with one attached hydrogen (secondary N) is 5. The number of carbonyl (C=O) groups is 2. The maximum atomic E-state index is 13.5. The van der Waals surface area contributed by atoms with Gasteiger partial charge in [-0.15, -0.1) is 0 Å². The average molecular weight is 889 g/mol. The summed E-state index contributed by atoms with van der Waals surface area (Å²) >= 11 is 0. The van der Waals surface area contributed by atoms with E-state index in [1.165, 1.54) is 20.3 Å². The highest BCUT2D eigenvalue weighted by Gasteiger charge is 2.44. The van der Waals surface area contributed by atoms with Crippen LogP contribution in [-0.2, 0) is 20.2 Å². The van der Waals surface area contributed by atoms with Crippen LogP contribution in [-0.4, -0.2) is 110 Å². The Hall–Kier alpha value is -6.22. The second-order valence-corrected chi connectivity index (χ2v) is 17.6. The molecule has 1 fully saturated rings. The first kappa shape index (κ1) is 46.3. The Morgan fingerprint density at radius 1 is 0.825 bits per heavy atom. The molecule has 0 spiro atoms. The number of rotatable bonds is 15. The summed E-state index contributed by atoms with van der Waals surface area (Å²) in [5.74, 6) is 1.01. The summed E-state index contributed by atoms with van der Waals surface area (Å²) in [6.45, 7) is 5.02. The zero-order valence-corrected chi connectivity index (χ0v) is 36.3. The van der Waals surface area contributed by atoms with Crippen LogP contribution >= 0.6 is 0 Å². The van der Waals surface area contributed by atoms with Crippen molar-refractivity contribution >= 4 is 61.3 Å². The Labute approximate surface area is 364 Å². The molecule has 18 nitrogen and oxygen atoms in total. The fraction of sp³-hybridized carbons (Fsp3) is 0.341. The Morgan fingerprint density at radius 3 is 2.21 bits per heavy atom. The van der Waals surface area contributed by atoms with E-state index in [1.807, 2.05) is 45.0 Å². The summed E-state index contributed by atoms with van der Waals surface area (Å²) in [6.07, 6.45) is -2.27. The highest BCUT2D eigenvalue weighted by atomic mass is 32.2. The molecule has 0 radical (unpaired) electrons. The van der Waals surface area contributed by atoms with Crippen molar-refractivity contribution in [2.75, 3.05) is 54.4 Å². The molecule has 5 atom stereocenters. The average Bonchev–Trinajstić information content (AvgIpc) is 3.23. The molecule has 19 heteroatoms. The quantitative estimate of drug-likeness (QED) is 0.0666. The van der Waals surface area contributed by atoms with Crippen molar-refractivity contribution in [2.45, 2.75) is 63.1 Å². The lowest BCUT2D eigenvalue weighted by Crippen LogP contribution is -2.64. The second kappa shape index (κ2) is 19.4. The van der Waals surface area contributed by atoms with Gasteiger partial charge in [0, 0.05) is 41.4 Å². The zero-order valence-electron chi connectivity index (χ0n) is 35.5. The smallest absolute Gasteiger partial charge is 0.323 e. The lowest BCUT2D eigenvalue weighted by atomic mass is 9.86. The third-order valence-corrected chi connectivity index (χ3v) is 10.8. The topological polar surface area (TPSA) is 259 Å². The van der Waals surface area contributed by atoms with Crippen molar-refractivity contribution in [1.29, 1.82) is 0 Å². The van der Waals surface area contributed by atoms with E-state index in [1.54, 1.807) is 54.7 Å². The number of aromatic nitrogens is 1. The number of fused-ring (bicyclic) bond motifs is 1. The first-order chi connectivity index (χ1) is 29.9. The number of methoxy groups -OCH3 is 2. The molecule has 1 unspecified atom stereocenters. The number of hydrogen-bond acceptors (Lipinski definition) is 14. The first-order valence-corrected chi connectivity index (χ1v) is 21.7. The molecular formula is C44H52N6O12S. The number of aliphatic hydroxyl groups is 4. The fourth-order valence-electron chi connectivity index (χ4n) is 7.15. The largest absolute Gasteiger partial charge is 0.496 e. The monoisotopic (exact) mass is 888 g/mol. The number of urea groups is 1. The van der Waals surface area contributed by atoms with Crippen LogP contribution in [0, 0.1) is 0 Å². The van der Waals surface area contributed by atoms with Crippen molar-refractivity contribution in [3.63, 3.8) is 0 Å². The van der Waals surface area contributed by atoms with Crippen LogP contribution in [0.3, 0.4) is 0 Å². The number of ether oxygens (including phenoxy) is 4. The Bertz CT molecular complexity index is 2570. The van der Waals surface area contributed by atoms with Gasteiger partial charge in [0.1, 0.15) is 41.4 Å². The molecule has 6 rings (SSSR count). The van der Waals surface area contributed by atoms with Gasteiger partial charge < -0.3 is 60.6 Å². The summed E-state index contributed by atoms with van der Waals surface area (Å²) < 4.78 is 49.9. The number of amides is 3. The predicted octanol–water partition coefficient (Wildman–Crippen LogP) is 5.06. The summed E-state index contributed by atoms with van der Waals surface area (Å²) in [5, 5.41) is 53.2. The summed E-state index contributed by atoms with van der Waals surface area (Å²) in [5.41, 5.74) is 1.91. The second-order valence-electron chi connectivity index (χ2n) is 15.9. The molecule has 4 aromatic carbocycles. The summed E-state index contributed by atoms with van der Waals surface area (Å²) in [7, 11) is -0.893. The van der Waals surface area contributed by atoms with E-state index < -0.39 is 64.4 Å². The van der Waals surface area contributed by atoms with E-state index in [9.17, 15) is 38.4 Å². The van der Waals surface area contributed by atoms with Gasteiger partial charge in [0.05, 0.1) is 61.9 Å². The van der Waals surface area contributed by atoms with Gasteiger partial charge in [-0.1, -0.05) is 45.0 Å². The lowest BCUT2D eigenvalue weighted by Gasteiger charge is -2.42. The summed E-state index contributed by atoms with van der Waals surface area (Å²) in [4.78, 5) is 31.4. The Balaban J connectivity index is 1.17. The minimum Gasteiger partial charge on any atom is -0.496 e. The van der Waals surface area contributed by atoms with Gasteiger partial charge in [-0.25, -0.2) is 18.2 Å².